The summed E-state index contributed by atoms with van der Waals surface area (Å²) in [5.74, 6) is 0.862. The minimum absolute atomic E-state index is 0.0865. The van der Waals surface area contributed by atoms with Gasteiger partial charge in [-0.25, -0.2) is 0 Å². The minimum Gasteiger partial charge on any atom is -0.356 e. The Morgan fingerprint density at radius 1 is 1.29 bits per heavy atom. The van der Waals surface area contributed by atoms with Crippen LogP contribution in [0.4, 0.5) is 5.69 Å². The molecule has 1 aromatic carbocycles. The third-order valence-corrected chi connectivity index (χ3v) is 4.72. The molecule has 0 saturated heterocycles. The van der Waals surface area contributed by atoms with Gasteiger partial charge in [-0.15, -0.1) is 0 Å². The van der Waals surface area contributed by atoms with Gasteiger partial charge in [0, 0.05) is 37.5 Å². The highest BCUT2D eigenvalue weighted by Crippen LogP contribution is 2.37. The molecule has 1 aliphatic carbocycles. The highest BCUT2D eigenvalue weighted by Gasteiger charge is 2.30. The van der Waals surface area contributed by atoms with Crippen LogP contribution >= 0.6 is 0 Å². The van der Waals surface area contributed by atoms with Gasteiger partial charge >= 0.3 is 0 Å². The highest BCUT2D eigenvalue weighted by atomic mass is 16.2. The van der Waals surface area contributed by atoms with Gasteiger partial charge in [-0.2, -0.15) is 0 Å². The van der Waals surface area contributed by atoms with Crippen molar-refractivity contribution in [2.45, 2.75) is 38.5 Å². The van der Waals surface area contributed by atoms with Crippen LogP contribution in [0, 0.1) is 5.92 Å². The Bertz CT molecular complexity index is 551. The lowest BCUT2D eigenvalue weighted by Gasteiger charge is -2.24. The maximum absolute atomic E-state index is 11.8. The Balaban J connectivity index is 1.59. The van der Waals surface area contributed by atoms with Gasteiger partial charge in [-0.05, 0) is 30.9 Å². The number of fused-ring (bicyclic) bond motifs is 1. The number of anilines is 1. The molecule has 1 saturated carbocycles. The second-order valence-electron chi connectivity index (χ2n) is 6.09. The Kier molecular flexibility index (Phi) is 3.95. The molecule has 1 aliphatic heterocycles. The first kappa shape index (κ1) is 14.1. The van der Waals surface area contributed by atoms with Gasteiger partial charge in [0.25, 0.3) is 0 Å². The number of nitrogens with zero attached hydrogens (tertiary/aromatic N) is 1. The largest absolute Gasteiger partial charge is 0.356 e. The fourth-order valence-electron chi connectivity index (χ4n) is 3.22. The molecular weight excluding hydrogens is 264 g/mol. The van der Waals surface area contributed by atoms with Gasteiger partial charge in [0.05, 0.1) is 0 Å². The quantitative estimate of drug-likeness (QED) is 0.924. The zero-order valence-corrected chi connectivity index (χ0v) is 12.5. The van der Waals surface area contributed by atoms with Crippen LogP contribution in [0.25, 0.3) is 0 Å². The van der Waals surface area contributed by atoms with E-state index in [2.05, 4.69) is 11.4 Å². The molecule has 4 heteroatoms. The van der Waals surface area contributed by atoms with E-state index in [1.54, 1.807) is 6.92 Å². The SMILES string of the molecule is CC(=O)N1CC(CCNC(=O)C2CCC2)c2ccccc21. The fraction of sp³-hybridized carbons (Fsp3) is 0.529. The summed E-state index contributed by atoms with van der Waals surface area (Å²) < 4.78 is 0. The Morgan fingerprint density at radius 2 is 2.05 bits per heavy atom. The zero-order valence-electron chi connectivity index (χ0n) is 12.5. The Hall–Kier alpha value is -1.84. The summed E-state index contributed by atoms with van der Waals surface area (Å²) in [6, 6.07) is 8.08. The van der Waals surface area contributed by atoms with Crippen LogP contribution in [0.15, 0.2) is 24.3 Å². The molecule has 112 valence electrons. The van der Waals surface area contributed by atoms with Crippen molar-refractivity contribution in [1.29, 1.82) is 0 Å². The monoisotopic (exact) mass is 286 g/mol. The van der Waals surface area contributed by atoms with E-state index in [1.165, 1.54) is 12.0 Å². The molecule has 1 aromatic rings. The lowest BCUT2D eigenvalue weighted by atomic mass is 9.85. The third kappa shape index (κ3) is 2.80. The number of benzene rings is 1. The smallest absolute Gasteiger partial charge is 0.223 e. The van der Waals surface area contributed by atoms with E-state index in [0.717, 1.165) is 31.5 Å². The van der Waals surface area contributed by atoms with Gasteiger partial charge in [-0.3, -0.25) is 9.59 Å². The second kappa shape index (κ2) is 5.88. The lowest BCUT2D eigenvalue weighted by molar-refractivity contribution is -0.127. The van der Waals surface area contributed by atoms with E-state index < -0.39 is 0 Å². The predicted molar refractivity (Wildman–Crippen MR) is 82.2 cm³/mol. The molecule has 1 heterocycles. The normalized spacial score (nSPS) is 20.8. The number of amides is 2. The first-order chi connectivity index (χ1) is 10.2. The maximum Gasteiger partial charge on any atom is 0.223 e. The van der Waals surface area contributed by atoms with E-state index in [1.807, 2.05) is 23.1 Å². The number of carbonyl (C=O) groups is 2. The van der Waals surface area contributed by atoms with Crippen molar-refractivity contribution in [3.8, 4) is 0 Å². The molecule has 2 amide bonds. The standard InChI is InChI=1S/C17H22N2O2/c1-12(20)19-11-14(15-7-2-3-8-16(15)19)9-10-18-17(21)13-5-4-6-13/h2-3,7-8,13-14H,4-6,9-11H2,1H3,(H,18,21). The van der Waals surface area contributed by atoms with Crippen molar-refractivity contribution < 1.29 is 9.59 Å². The van der Waals surface area contributed by atoms with Crippen LogP contribution in [0.3, 0.4) is 0 Å². The molecule has 2 aliphatic rings. The average molecular weight is 286 g/mol. The first-order valence-electron chi connectivity index (χ1n) is 7.81. The van der Waals surface area contributed by atoms with Gasteiger partial charge < -0.3 is 10.2 Å². The summed E-state index contributed by atoms with van der Waals surface area (Å²) in [5, 5.41) is 3.04. The van der Waals surface area contributed by atoms with Crippen LogP contribution in [0.1, 0.15) is 44.1 Å². The first-order valence-corrected chi connectivity index (χ1v) is 7.81. The summed E-state index contributed by atoms with van der Waals surface area (Å²) in [4.78, 5) is 25.4. The number of para-hydroxylation sites is 1. The topological polar surface area (TPSA) is 49.4 Å². The number of hydrogen-bond acceptors (Lipinski definition) is 2. The predicted octanol–water partition coefficient (Wildman–Crippen LogP) is 2.44. The van der Waals surface area contributed by atoms with Crippen molar-refractivity contribution in [3.63, 3.8) is 0 Å². The number of hydrogen-bond donors (Lipinski definition) is 1. The number of carbonyl (C=O) groups excluding carboxylic acids is 2. The van der Waals surface area contributed by atoms with E-state index >= 15 is 0 Å². The van der Waals surface area contributed by atoms with Crippen LogP contribution in [-0.4, -0.2) is 24.9 Å². The van der Waals surface area contributed by atoms with Crippen molar-refractivity contribution >= 4 is 17.5 Å². The average Bonchev–Trinajstić information content (AvgIpc) is 2.76. The highest BCUT2D eigenvalue weighted by molar-refractivity contribution is 5.94. The molecule has 1 fully saturated rings. The molecule has 0 spiro atoms. The van der Waals surface area contributed by atoms with E-state index in [0.29, 0.717) is 12.5 Å². The van der Waals surface area contributed by atoms with E-state index in [-0.39, 0.29) is 17.7 Å². The summed E-state index contributed by atoms with van der Waals surface area (Å²) >= 11 is 0. The Morgan fingerprint density at radius 3 is 2.71 bits per heavy atom. The van der Waals surface area contributed by atoms with Crippen molar-refractivity contribution in [1.82, 2.24) is 5.32 Å². The molecule has 0 aromatic heterocycles. The molecular formula is C17H22N2O2. The summed E-state index contributed by atoms with van der Waals surface area (Å²) in [6.45, 7) is 3.03. The minimum atomic E-state index is 0.0865. The third-order valence-electron chi connectivity index (χ3n) is 4.72. The van der Waals surface area contributed by atoms with Crippen LogP contribution in [-0.2, 0) is 9.59 Å². The molecule has 3 rings (SSSR count). The van der Waals surface area contributed by atoms with Crippen LogP contribution < -0.4 is 10.2 Å². The molecule has 0 radical (unpaired) electrons. The summed E-state index contributed by atoms with van der Waals surface area (Å²) in [6.07, 6.45) is 4.15. The molecule has 4 nitrogen and oxygen atoms in total. The maximum atomic E-state index is 11.8. The van der Waals surface area contributed by atoms with Crippen molar-refractivity contribution in [3.05, 3.63) is 29.8 Å². The fourth-order valence-corrected chi connectivity index (χ4v) is 3.22. The van der Waals surface area contributed by atoms with Crippen molar-refractivity contribution in [2.75, 3.05) is 18.0 Å². The number of rotatable bonds is 4. The van der Waals surface area contributed by atoms with E-state index in [9.17, 15) is 9.59 Å². The van der Waals surface area contributed by atoms with Gasteiger partial charge in [0.1, 0.15) is 0 Å². The molecule has 1 unspecified atom stereocenters. The molecule has 21 heavy (non-hydrogen) atoms. The van der Waals surface area contributed by atoms with Crippen molar-refractivity contribution in [2.24, 2.45) is 5.92 Å². The Labute approximate surface area is 125 Å². The van der Waals surface area contributed by atoms with Crippen LogP contribution in [0.2, 0.25) is 0 Å². The molecule has 1 atom stereocenters. The summed E-state index contributed by atoms with van der Waals surface area (Å²) in [7, 11) is 0. The number of nitrogens with one attached hydrogen (secondary N) is 1. The van der Waals surface area contributed by atoms with E-state index in [4.69, 9.17) is 0 Å². The van der Waals surface area contributed by atoms with Gasteiger partial charge in [0.2, 0.25) is 11.8 Å². The lowest BCUT2D eigenvalue weighted by Crippen LogP contribution is -2.35. The molecule has 0 bridgehead atoms. The van der Waals surface area contributed by atoms with Gasteiger partial charge in [-0.1, -0.05) is 24.6 Å². The van der Waals surface area contributed by atoms with Crippen LogP contribution in [0.5, 0.6) is 0 Å². The zero-order chi connectivity index (χ0) is 14.8. The summed E-state index contributed by atoms with van der Waals surface area (Å²) in [5.41, 5.74) is 2.26. The molecule has 1 N–H and O–H groups in total. The second-order valence-corrected chi connectivity index (χ2v) is 6.09. The van der Waals surface area contributed by atoms with Gasteiger partial charge in [0.15, 0.2) is 0 Å².